The third-order valence-corrected chi connectivity index (χ3v) is 8.41. The second kappa shape index (κ2) is 8.76. The molecular formula is C20H23N3O4S3. The molecule has 0 aliphatic heterocycles. The monoisotopic (exact) mass is 465 g/mol. The van der Waals surface area contributed by atoms with Gasteiger partial charge in [-0.25, -0.2) is 21.1 Å². The van der Waals surface area contributed by atoms with Gasteiger partial charge in [0, 0.05) is 27.7 Å². The first-order valence-corrected chi connectivity index (χ1v) is 12.8. The molecule has 160 valence electrons. The molecule has 2 aromatic carbocycles. The number of benzene rings is 2. The van der Waals surface area contributed by atoms with Gasteiger partial charge in [-0.3, -0.25) is 4.72 Å². The molecule has 0 fully saturated rings. The van der Waals surface area contributed by atoms with Gasteiger partial charge >= 0.3 is 0 Å². The van der Waals surface area contributed by atoms with Crippen molar-refractivity contribution in [3.05, 3.63) is 70.9 Å². The SMILES string of the molecule is CN(Cc1ccsc1)c1ccccc1NS(=O)(=O)c1ccc(S(=O)(=O)N(C)C)cc1. The topological polar surface area (TPSA) is 86.8 Å². The molecule has 0 atom stereocenters. The maximum absolute atomic E-state index is 12.9. The van der Waals surface area contributed by atoms with Crippen molar-refractivity contribution in [1.82, 2.24) is 4.31 Å². The third kappa shape index (κ3) is 4.84. The maximum Gasteiger partial charge on any atom is 0.261 e. The van der Waals surface area contributed by atoms with Crippen LogP contribution in [0.3, 0.4) is 0 Å². The van der Waals surface area contributed by atoms with Gasteiger partial charge < -0.3 is 4.90 Å². The van der Waals surface area contributed by atoms with Gasteiger partial charge in [0.15, 0.2) is 0 Å². The quantitative estimate of drug-likeness (QED) is 0.551. The molecule has 0 saturated carbocycles. The third-order valence-electron chi connectivity index (χ3n) is 4.47. The number of hydrogen-bond donors (Lipinski definition) is 1. The Morgan fingerprint density at radius 2 is 1.50 bits per heavy atom. The van der Waals surface area contributed by atoms with E-state index in [4.69, 9.17) is 0 Å². The van der Waals surface area contributed by atoms with Crippen LogP contribution < -0.4 is 9.62 Å². The van der Waals surface area contributed by atoms with Crippen LogP contribution in [-0.2, 0) is 26.6 Å². The first kappa shape index (κ1) is 22.3. The van der Waals surface area contributed by atoms with Crippen molar-refractivity contribution < 1.29 is 16.8 Å². The Morgan fingerprint density at radius 1 is 0.867 bits per heavy atom. The fraction of sp³-hybridized carbons (Fsp3) is 0.200. The minimum Gasteiger partial charge on any atom is -0.369 e. The highest BCUT2D eigenvalue weighted by molar-refractivity contribution is 7.92. The van der Waals surface area contributed by atoms with Crippen molar-refractivity contribution in [3.63, 3.8) is 0 Å². The minimum atomic E-state index is -3.90. The van der Waals surface area contributed by atoms with Crippen molar-refractivity contribution in [2.24, 2.45) is 0 Å². The molecule has 3 rings (SSSR count). The average molecular weight is 466 g/mol. The Kier molecular flexibility index (Phi) is 6.51. The molecule has 1 heterocycles. The highest BCUT2D eigenvalue weighted by Crippen LogP contribution is 2.29. The van der Waals surface area contributed by atoms with Crippen LogP contribution in [0.2, 0.25) is 0 Å². The molecule has 0 amide bonds. The lowest BCUT2D eigenvalue weighted by Gasteiger charge is -2.22. The summed E-state index contributed by atoms with van der Waals surface area (Å²) in [7, 11) is -2.79. The number of nitrogens with one attached hydrogen (secondary N) is 1. The van der Waals surface area contributed by atoms with E-state index in [1.807, 2.05) is 40.9 Å². The first-order chi connectivity index (χ1) is 14.1. The second-order valence-corrected chi connectivity index (χ2v) is 11.5. The second-order valence-electron chi connectivity index (χ2n) is 6.87. The lowest BCUT2D eigenvalue weighted by molar-refractivity contribution is 0.520. The number of thiophene rings is 1. The number of sulfonamides is 2. The number of rotatable bonds is 8. The highest BCUT2D eigenvalue weighted by atomic mass is 32.2. The van der Waals surface area contributed by atoms with Crippen LogP contribution >= 0.6 is 11.3 Å². The number of nitrogens with zero attached hydrogens (tertiary/aromatic N) is 2. The van der Waals surface area contributed by atoms with E-state index in [2.05, 4.69) is 4.72 Å². The van der Waals surface area contributed by atoms with Crippen LogP contribution in [0, 0.1) is 0 Å². The normalized spacial score (nSPS) is 12.1. The van der Waals surface area contributed by atoms with Crippen LogP contribution in [0.4, 0.5) is 11.4 Å². The van der Waals surface area contributed by atoms with Gasteiger partial charge in [-0.2, -0.15) is 11.3 Å². The highest BCUT2D eigenvalue weighted by Gasteiger charge is 2.21. The minimum absolute atomic E-state index is 0.0181. The van der Waals surface area contributed by atoms with Crippen molar-refractivity contribution >= 4 is 42.8 Å². The number of anilines is 2. The van der Waals surface area contributed by atoms with Gasteiger partial charge in [0.2, 0.25) is 10.0 Å². The van der Waals surface area contributed by atoms with E-state index in [-0.39, 0.29) is 9.79 Å². The van der Waals surface area contributed by atoms with Gasteiger partial charge in [-0.15, -0.1) is 0 Å². The number of para-hydroxylation sites is 2. The van der Waals surface area contributed by atoms with Crippen molar-refractivity contribution in [3.8, 4) is 0 Å². The predicted molar refractivity (Wildman–Crippen MR) is 121 cm³/mol. The van der Waals surface area contributed by atoms with Crippen molar-refractivity contribution in [2.75, 3.05) is 30.8 Å². The number of hydrogen-bond acceptors (Lipinski definition) is 6. The molecule has 0 unspecified atom stereocenters. The van der Waals surface area contributed by atoms with E-state index in [1.54, 1.807) is 23.5 Å². The Balaban J connectivity index is 1.85. The molecule has 0 bridgehead atoms. The zero-order chi connectivity index (χ0) is 21.9. The summed E-state index contributed by atoms with van der Waals surface area (Å²) in [6, 6.07) is 14.3. The maximum atomic E-state index is 12.9. The van der Waals surface area contributed by atoms with E-state index < -0.39 is 20.0 Å². The van der Waals surface area contributed by atoms with Crippen LogP contribution in [0.5, 0.6) is 0 Å². The van der Waals surface area contributed by atoms with E-state index in [1.165, 1.54) is 38.4 Å². The van der Waals surface area contributed by atoms with Crippen LogP contribution in [-0.4, -0.2) is 42.3 Å². The van der Waals surface area contributed by atoms with E-state index in [9.17, 15) is 16.8 Å². The molecular weight excluding hydrogens is 442 g/mol. The Bertz CT molecular complexity index is 1200. The standard InChI is InChI=1S/C20H23N3O4S3/c1-22(2)30(26,27)18-10-8-17(9-11-18)29(24,25)21-19-6-4-5-7-20(19)23(3)14-16-12-13-28-15-16/h4-13,15,21H,14H2,1-3H3. The van der Waals surface area contributed by atoms with Gasteiger partial charge in [-0.05, 0) is 58.8 Å². The van der Waals surface area contributed by atoms with Gasteiger partial charge in [-0.1, -0.05) is 12.1 Å². The zero-order valence-corrected chi connectivity index (χ0v) is 19.3. The summed E-state index contributed by atoms with van der Waals surface area (Å²) < 4.78 is 53.9. The lowest BCUT2D eigenvalue weighted by atomic mass is 10.2. The zero-order valence-electron chi connectivity index (χ0n) is 16.8. The van der Waals surface area contributed by atoms with Gasteiger partial charge in [0.25, 0.3) is 10.0 Å². The van der Waals surface area contributed by atoms with E-state index in [0.29, 0.717) is 12.2 Å². The predicted octanol–water partition coefficient (Wildman–Crippen LogP) is 3.44. The fourth-order valence-electron chi connectivity index (χ4n) is 2.84. The summed E-state index contributed by atoms with van der Waals surface area (Å²) in [6.45, 7) is 0.638. The van der Waals surface area contributed by atoms with Crippen molar-refractivity contribution in [1.29, 1.82) is 0 Å². The van der Waals surface area contributed by atoms with Gasteiger partial charge in [0.1, 0.15) is 0 Å². The summed E-state index contributed by atoms with van der Waals surface area (Å²) in [5, 5.41) is 4.05. The Labute approximate surface area is 181 Å². The summed E-state index contributed by atoms with van der Waals surface area (Å²) in [5.74, 6) is 0. The Morgan fingerprint density at radius 3 is 2.10 bits per heavy atom. The fourth-order valence-corrected chi connectivity index (χ4v) is 5.48. The molecule has 0 aliphatic rings. The van der Waals surface area contributed by atoms with Gasteiger partial charge in [0.05, 0.1) is 21.2 Å². The molecule has 1 N–H and O–H groups in total. The molecule has 10 heteroatoms. The van der Waals surface area contributed by atoms with Crippen LogP contribution in [0.25, 0.3) is 0 Å². The summed E-state index contributed by atoms with van der Waals surface area (Å²) in [4.78, 5) is 1.98. The van der Waals surface area contributed by atoms with Crippen LogP contribution in [0.15, 0.2) is 75.1 Å². The van der Waals surface area contributed by atoms with E-state index in [0.717, 1.165) is 15.6 Å². The average Bonchev–Trinajstić information content (AvgIpc) is 3.21. The molecule has 0 saturated heterocycles. The summed E-state index contributed by atoms with van der Waals surface area (Å²) in [6.07, 6.45) is 0. The van der Waals surface area contributed by atoms with Crippen molar-refractivity contribution in [2.45, 2.75) is 16.3 Å². The molecule has 0 spiro atoms. The summed E-state index contributed by atoms with van der Waals surface area (Å²) in [5.41, 5.74) is 2.32. The molecule has 30 heavy (non-hydrogen) atoms. The largest absolute Gasteiger partial charge is 0.369 e. The lowest BCUT2D eigenvalue weighted by Crippen LogP contribution is -2.22. The Hall–Kier alpha value is -2.40. The van der Waals surface area contributed by atoms with Crippen LogP contribution in [0.1, 0.15) is 5.56 Å². The molecule has 3 aromatic rings. The first-order valence-electron chi connectivity index (χ1n) is 8.98. The molecule has 1 aromatic heterocycles. The molecule has 0 aliphatic carbocycles. The smallest absolute Gasteiger partial charge is 0.261 e. The summed E-state index contributed by atoms with van der Waals surface area (Å²) >= 11 is 1.61. The molecule has 7 nitrogen and oxygen atoms in total. The molecule has 0 radical (unpaired) electrons. The van der Waals surface area contributed by atoms with E-state index >= 15 is 0 Å².